The maximum absolute atomic E-state index is 10.7. The zero-order valence-corrected chi connectivity index (χ0v) is 8.80. The minimum atomic E-state index is -0.521. The highest BCUT2D eigenvalue weighted by atomic mass is 16.6. The molecule has 0 aliphatic heterocycles. The summed E-state index contributed by atoms with van der Waals surface area (Å²) in [6.45, 7) is 1.74. The predicted molar refractivity (Wildman–Crippen MR) is 57.1 cm³/mol. The fourth-order valence-corrected chi connectivity index (χ4v) is 1.22. The van der Waals surface area contributed by atoms with Crippen LogP contribution in [-0.4, -0.2) is 17.4 Å². The molecular weight excluding hydrogens is 212 g/mol. The zero-order valence-electron chi connectivity index (χ0n) is 8.80. The van der Waals surface area contributed by atoms with Gasteiger partial charge >= 0.3 is 5.69 Å². The van der Waals surface area contributed by atoms with E-state index < -0.39 is 10.8 Å². The molecule has 1 aromatic carbocycles. The highest BCUT2D eigenvalue weighted by Gasteiger charge is 2.16. The van der Waals surface area contributed by atoms with Crippen molar-refractivity contribution < 1.29 is 14.5 Å². The van der Waals surface area contributed by atoms with Gasteiger partial charge in [-0.15, -0.1) is 0 Å². The van der Waals surface area contributed by atoms with Crippen LogP contribution in [0.3, 0.4) is 0 Å². The molecule has 6 nitrogen and oxygen atoms in total. The van der Waals surface area contributed by atoms with Gasteiger partial charge < -0.3 is 10.5 Å². The van der Waals surface area contributed by atoms with Gasteiger partial charge in [-0.25, -0.2) is 0 Å². The quantitative estimate of drug-likeness (QED) is 0.599. The lowest BCUT2D eigenvalue weighted by Gasteiger charge is -2.07. The molecule has 0 fully saturated rings. The summed E-state index contributed by atoms with van der Waals surface area (Å²) in [5.41, 5.74) is 5.48. The Kier molecular flexibility index (Phi) is 3.82. The Morgan fingerprint density at radius 3 is 2.81 bits per heavy atom. The monoisotopic (exact) mass is 224 g/mol. The number of benzene rings is 1. The minimum absolute atomic E-state index is 0.0332. The first-order chi connectivity index (χ1) is 7.52. The second-order valence-corrected chi connectivity index (χ2v) is 3.25. The van der Waals surface area contributed by atoms with Crippen molar-refractivity contribution in [1.82, 2.24) is 0 Å². The van der Waals surface area contributed by atoms with Crippen LogP contribution in [0.2, 0.25) is 0 Å². The first-order valence-corrected chi connectivity index (χ1v) is 4.67. The van der Waals surface area contributed by atoms with E-state index in [4.69, 9.17) is 10.5 Å². The van der Waals surface area contributed by atoms with E-state index in [1.165, 1.54) is 6.07 Å². The molecule has 0 radical (unpaired) electrons. The summed E-state index contributed by atoms with van der Waals surface area (Å²) in [4.78, 5) is 20.7. The molecule has 1 amide bonds. The molecule has 0 aliphatic rings. The summed E-state index contributed by atoms with van der Waals surface area (Å²) >= 11 is 0. The number of nitrogens with two attached hydrogens (primary N) is 1. The van der Waals surface area contributed by atoms with Crippen LogP contribution in [0.4, 0.5) is 5.69 Å². The van der Waals surface area contributed by atoms with Crippen molar-refractivity contribution in [2.75, 3.05) is 6.61 Å². The fourth-order valence-electron chi connectivity index (χ4n) is 1.22. The number of ether oxygens (including phenoxy) is 1. The third-order valence-corrected chi connectivity index (χ3v) is 1.98. The van der Waals surface area contributed by atoms with Gasteiger partial charge in [-0.1, -0.05) is 12.1 Å². The molecule has 86 valence electrons. The van der Waals surface area contributed by atoms with Crippen LogP contribution in [0, 0.1) is 17.0 Å². The van der Waals surface area contributed by atoms with Gasteiger partial charge in [0.15, 0.2) is 5.75 Å². The van der Waals surface area contributed by atoms with Gasteiger partial charge in [-0.2, -0.15) is 0 Å². The lowest BCUT2D eigenvalue weighted by Crippen LogP contribution is -2.15. The van der Waals surface area contributed by atoms with Gasteiger partial charge in [0.05, 0.1) is 18.0 Å². The van der Waals surface area contributed by atoms with E-state index in [2.05, 4.69) is 0 Å². The number of carbonyl (C=O) groups is 1. The Balaban J connectivity index is 2.84. The molecule has 1 rings (SSSR count). The van der Waals surface area contributed by atoms with E-state index in [9.17, 15) is 14.9 Å². The van der Waals surface area contributed by atoms with Crippen molar-refractivity contribution in [3.05, 3.63) is 33.9 Å². The molecule has 0 unspecified atom stereocenters. The highest BCUT2D eigenvalue weighted by Crippen LogP contribution is 2.30. The Morgan fingerprint density at radius 2 is 2.25 bits per heavy atom. The lowest BCUT2D eigenvalue weighted by molar-refractivity contribution is -0.385. The SMILES string of the molecule is Cc1cccc([N+](=O)[O-])c1OCCC(N)=O. The molecule has 16 heavy (non-hydrogen) atoms. The number of para-hydroxylation sites is 1. The Labute approximate surface area is 92.2 Å². The number of amides is 1. The molecule has 0 bridgehead atoms. The summed E-state index contributed by atoms with van der Waals surface area (Å²) in [6.07, 6.45) is 0.0332. The molecule has 0 aliphatic carbocycles. The van der Waals surface area contributed by atoms with E-state index >= 15 is 0 Å². The molecule has 0 spiro atoms. The number of nitro benzene ring substituents is 1. The highest BCUT2D eigenvalue weighted by molar-refractivity contribution is 5.73. The van der Waals surface area contributed by atoms with Gasteiger partial charge in [0.1, 0.15) is 0 Å². The largest absolute Gasteiger partial charge is 0.486 e. The summed E-state index contributed by atoms with van der Waals surface area (Å²) < 4.78 is 5.20. The van der Waals surface area contributed by atoms with Crippen molar-refractivity contribution >= 4 is 11.6 Å². The van der Waals surface area contributed by atoms with Crippen molar-refractivity contribution in [3.8, 4) is 5.75 Å². The van der Waals surface area contributed by atoms with Crippen LogP contribution < -0.4 is 10.5 Å². The third kappa shape index (κ3) is 2.94. The average molecular weight is 224 g/mol. The molecule has 0 aromatic heterocycles. The maximum Gasteiger partial charge on any atom is 0.311 e. The number of nitro groups is 1. The summed E-state index contributed by atoms with van der Waals surface area (Å²) in [5.74, 6) is -0.315. The van der Waals surface area contributed by atoms with E-state index in [-0.39, 0.29) is 24.5 Å². The number of carbonyl (C=O) groups excluding carboxylic acids is 1. The number of hydrogen-bond donors (Lipinski definition) is 1. The van der Waals surface area contributed by atoms with Crippen LogP contribution in [0.15, 0.2) is 18.2 Å². The molecule has 0 saturated heterocycles. The number of hydrogen-bond acceptors (Lipinski definition) is 4. The second kappa shape index (κ2) is 5.11. The Morgan fingerprint density at radius 1 is 1.56 bits per heavy atom. The number of nitrogens with zero attached hydrogens (tertiary/aromatic N) is 1. The minimum Gasteiger partial charge on any atom is -0.486 e. The van der Waals surface area contributed by atoms with Gasteiger partial charge in [-0.05, 0) is 12.5 Å². The van der Waals surface area contributed by atoms with E-state index in [0.717, 1.165) is 0 Å². The summed E-state index contributed by atoms with van der Waals surface area (Å²) in [6, 6.07) is 4.63. The van der Waals surface area contributed by atoms with Crippen LogP contribution in [0.1, 0.15) is 12.0 Å². The topological polar surface area (TPSA) is 95.5 Å². The summed E-state index contributed by atoms with van der Waals surface area (Å²) in [5, 5.41) is 10.7. The Hall–Kier alpha value is -2.11. The van der Waals surface area contributed by atoms with Gasteiger partial charge in [0, 0.05) is 6.07 Å². The molecule has 2 N–H and O–H groups in total. The van der Waals surface area contributed by atoms with E-state index in [1.54, 1.807) is 19.1 Å². The van der Waals surface area contributed by atoms with E-state index in [1.807, 2.05) is 0 Å². The smallest absolute Gasteiger partial charge is 0.311 e. The third-order valence-electron chi connectivity index (χ3n) is 1.98. The zero-order chi connectivity index (χ0) is 12.1. The van der Waals surface area contributed by atoms with Gasteiger partial charge in [0.25, 0.3) is 0 Å². The van der Waals surface area contributed by atoms with Crippen LogP contribution >= 0.6 is 0 Å². The lowest BCUT2D eigenvalue weighted by atomic mass is 10.2. The normalized spacial score (nSPS) is 9.81. The molecule has 1 aromatic rings. The molecule has 6 heteroatoms. The maximum atomic E-state index is 10.7. The van der Waals surface area contributed by atoms with Gasteiger partial charge in [0.2, 0.25) is 5.91 Å². The molecule has 0 saturated carbocycles. The number of rotatable bonds is 5. The Bertz CT molecular complexity index is 417. The van der Waals surface area contributed by atoms with Crippen LogP contribution in [-0.2, 0) is 4.79 Å². The van der Waals surface area contributed by atoms with Crippen LogP contribution in [0.25, 0.3) is 0 Å². The van der Waals surface area contributed by atoms with Crippen molar-refractivity contribution in [1.29, 1.82) is 0 Å². The second-order valence-electron chi connectivity index (χ2n) is 3.25. The van der Waals surface area contributed by atoms with E-state index in [0.29, 0.717) is 5.56 Å². The number of primary amides is 1. The first kappa shape index (κ1) is 12.0. The fraction of sp³-hybridized carbons (Fsp3) is 0.300. The number of aryl methyl sites for hydroxylation is 1. The van der Waals surface area contributed by atoms with Crippen molar-refractivity contribution in [3.63, 3.8) is 0 Å². The molecule has 0 atom stereocenters. The summed E-state index contributed by atoms with van der Waals surface area (Å²) in [7, 11) is 0. The van der Waals surface area contributed by atoms with Crippen molar-refractivity contribution in [2.45, 2.75) is 13.3 Å². The molecule has 0 heterocycles. The standard InChI is InChI=1S/C10H12N2O4/c1-7-3-2-4-8(12(14)15)10(7)16-6-5-9(11)13/h2-4H,5-6H2,1H3,(H2,11,13). The van der Waals surface area contributed by atoms with Gasteiger partial charge in [-0.3, -0.25) is 14.9 Å². The average Bonchev–Trinajstić information content (AvgIpc) is 2.19. The molecular formula is C10H12N2O4. The first-order valence-electron chi connectivity index (χ1n) is 4.67. The van der Waals surface area contributed by atoms with Crippen LogP contribution in [0.5, 0.6) is 5.75 Å². The van der Waals surface area contributed by atoms with Crippen molar-refractivity contribution in [2.24, 2.45) is 5.73 Å². The predicted octanol–water partition coefficient (Wildman–Crippen LogP) is 1.16.